The van der Waals surface area contributed by atoms with Crippen LogP contribution in [0.5, 0.6) is 11.5 Å². The maximum atomic E-state index is 12.3. The zero-order valence-electron chi connectivity index (χ0n) is 15.9. The van der Waals surface area contributed by atoms with Crippen LogP contribution in [0.3, 0.4) is 0 Å². The fourth-order valence-corrected chi connectivity index (χ4v) is 3.06. The largest absolute Gasteiger partial charge is 0.493 e. The summed E-state index contributed by atoms with van der Waals surface area (Å²) in [5.41, 5.74) is 6.63. The second-order valence-corrected chi connectivity index (χ2v) is 6.85. The number of amides is 2. The molecule has 2 aromatic carbocycles. The van der Waals surface area contributed by atoms with Crippen molar-refractivity contribution >= 4 is 35.3 Å². The Morgan fingerprint density at radius 3 is 2.68 bits per heavy atom. The SMILES string of the molecule is CCCOc1ccc(/C=C/C(=O)Nc2ccccc2SCC(N)=O)cc1OC. The highest BCUT2D eigenvalue weighted by Gasteiger charge is 2.07. The average molecular weight is 401 g/mol. The standard InChI is InChI=1S/C21H24N2O4S/c1-3-12-27-17-10-8-15(13-18(17)26-2)9-11-21(25)23-16-6-4-5-7-19(16)28-14-20(22)24/h4-11,13H,3,12,14H2,1-2H3,(H2,22,24)(H,23,25)/b11-9+. The molecule has 0 unspecified atom stereocenters. The van der Waals surface area contributed by atoms with Gasteiger partial charge in [0.2, 0.25) is 11.8 Å². The second-order valence-electron chi connectivity index (χ2n) is 5.83. The van der Waals surface area contributed by atoms with E-state index in [2.05, 4.69) is 5.32 Å². The van der Waals surface area contributed by atoms with E-state index in [4.69, 9.17) is 15.2 Å². The molecule has 0 aliphatic carbocycles. The maximum Gasteiger partial charge on any atom is 0.248 e. The minimum Gasteiger partial charge on any atom is -0.493 e. The van der Waals surface area contributed by atoms with Crippen molar-refractivity contribution in [1.82, 2.24) is 0 Å². The summed E-state index contributed by atoms with van der Waals surface area (Å²) in [7, 11) is 1.58. The molecular weight excluding hydrogens is 376 g/mol. The number of anilines is 1. The minimum absolute atomic E-state index is 0.148. The molecule has 0 heterocycles. The van der Waals surface area contributed by atoms with Gasteiger partial charge in [0.05, 0.1) is 25.2 Å². The Morgan fingerprint density at radius 2 is 1.96 bits per heavy atom. The summed E-state index contributed by atoms with van der Waals surface area (Å²) in [6.07, 6.45) is 4.04. The Labute approximate surface area is 169 Å². The number of para-hydroxylation sites is 1. The summed E-state index contributed by atoms with van der Waals surface area (Å²) in [6, 6.07) is 12.7. The van der Waals surface area contributed by atoms with Crippen molar-refractivity contribution in [3.8, 4) is 11.5 Å². The summed E-state index contributed by atoms with van der Waals surface area (Å²) < 4.78 is 11.0. The fourth-order valence-electron chi connectivity index (χ4n) is 2.31. The summed E-state index contributed by atoms with van der Waals surface area (Å²) in [6.45, 7) is 2.65. The molecule has 0 aliphatic heterocycles. The number of rotatable bonds is 10. The van der Waals surface area contributed by atoms with E-state index in [-0.39, 0.29) is 11.7 Å². The van der Waals surface area contributed by atoms with Gasteiger partial charge in [-0.1, -0.05) is 25.1 Å². The van der Waals surface area contributed by atoms with Gasteiger partial charge >= 0.3 is 0 Å². The topological polar surface area (TPSA) is 90.6 Å². The predicted molar refractivity (Wildman–Crippen MR) is 113 cm³/mol. The van der Waals surface area contributed by atoms with Gasteiger partial charge in [-0.3, -0.25) is 9.59 Å². The van der Waals surface area contributed by atoms with Gasteiger partial charge in [-0.05, 0) is 42.3 Å². The van der Waals surface area contributed by atoms with E-state index < -0.39 is 5.91 Å². The Morgan fingerprint density at radius 1 is 1.18 bits per heavy atom. The van der Waals surface area contributed by atoms with Crippen LogP contribution in [0.1, 0.15) is 18.9 Å². The van der Waals surface area contributed by atoms with E-state index in [1.807, 2.05) is 43.3 Å². The molecule has 0 atom stereocenters. The third kappa shape index (κ3) is 6.66. The first kappa shape index (κ1) is 21.4. The third-order valence-electron chi connectivity index (χ3n) is 3.59. The lowest BCUT2D eigenvalue weighted by Crippen LogP contribution is -2.13. The molecule has 2 aromatic rings. The summed E-state index contributed by atoms with van der Waals surface area (Å²) >= 11 is 1.28. The van der Waals surface area contributed by atoms with Crippen LogP contribution in [0.15, 0.2) is 53.4 Å². The number of carbonyl (C=O) groups excluding carboxylic acids is 2. The number of hydrogen-bond donors (Lipinski definition) is 2. The van der Waals surface area contributed by atoms with Gasteiger partial charge in [-0.2, -0.15) is 0 Å². The van der Waals surface area contributed by atoms with Gasteiger partial charge in [0.1, 0.15) is 0 Å². The lowest BCUT2D eigenvalue weighted by atomic mass is 10.2. The number of thioether (sulfide) groups is 1. The van der Waals surface area contributed by atoms with Crippen molar-refractivity contribution in [2.75, 3.05) is 24.8 Å². The molecule has 0 radical (unpaired) electrons. The molecule has 7 heteroatoms. The average Bonchev–Trinajstić information content (AvgIpc) is 2.70. The number of benzene rings is 2. The molecule has 0 spiro atoms. The molecule has 0 bridgehead atoms. The highest BCUT2D eigenvalue weighted by molar-refractivity contribution is 8.00. The fraction of sp³-hybridized carbons (Fsp3) is 0.238. The Balaban J connectivity index is 2.05. The number of primary amides is 1. The van der Waals surface area contributed by atoms with Crippen LogP contribution >= 0.6 is 11.8 Å². The number of nitrogens with two attached hydrogens (primary N) is 1. The molecule has 0 aromatic heterocycles. The maximum absolute atomic E-state index is 12.3. The number of hydrogen-bond acceptors (Lipinski definition) is 5. The van der Waals surface area contributed by atoms with Crippen LogP contribution in [-0.4, -0.2) is 31.3 Å². The molecule has 0 saturated heterocycles. The Hall–Kier alpha value is -2.93. The lowest BCUT2D eigenvalue weighted by Gasteiger charge is -2.10. The Bertz CT molecular complexity index is 852. The molecule has 148 valence electrons. The van der Waals surface area contributed by atoms with E-state index in [1.54, 1.807) is 19.3 Å². The molecule has 28 heavy (non-hydrogen) atoms. The minimum atomic E-state index is -0.411. The Kier molecular flexibility index (Phi) is 8.42. The van der Waals surface area contributed by atoms with E-state index in [1.165, 1.54) is 17.8 Å². The smallest absolute Gasteiger partial charge is 0.248 e. The van der Waals surface area contributed by atoms with Gasteiger partial charge in [-0.25, -0.2) is 0 Å². The van der Waals surface area contributed by atoms with Crippen molar-refractivity contribution in [2.45, 2.75) is 18.2 Å². The monoisotopic (exact) mass is 400 g/mol. The third-order valence-corrected chi connectivity index (χ3v) is 4.69. The first-order valence-corrected chi connectivity index (χ1v) is 9.82. The first-order chi connectivity index (χ1) is 13.5. The first-order valence-electron chi connectivity index (χ1n) is 8.83. The zero-order valence-corrected chi connectivity index (χ0v) is 16.8. The zero-order chi connectivity index (χ0) is 20.4. The van der Waals surface area contributed by atoms with Crippen molar-refractivity contribution in [3.63, 3.8) is 0 Å². The van der Waals surface area contributed by atoms with Crippen LogP contribution in [0.4, 0.5) is 5.69 Å². The van der Waals surface area contributed by atoms with Crippen LogP contribution in [0.2, 0.25) is 0 Å². The molecular formula is C21H24N2O4S. The van der Waals surface area contributed by atoms with Gasteiger partial charge < -0.3 is 20.5 Å². The molecule has 0 aliphatic rings. The van der Waals surface area contributed by atoms with Crippen LogP contribution in [-0.2, 0) is 9.59 Å². The second kappa shape index (κ2) is 11.0. The van der Waals surface area contributed by atoms with Crippen molar-refractivity contribution in [2.24, 2.45) is 5.73 Å². The molecule has 3 N–H and O–H groups in total. The van der Waals surface area contributed by atoms with Gasteiger partial charge in [0, 0.05) is 11.0 Å². The number of ether oxygens (including phenoxy) is 2. The number of carbonyl (C=O) groups is 2. The molecule has 0 fully saturated rings. The molecule has 2 rings (SSSR count). The van der Waals surface area contributed by atoms with Gasteiger partial charge in [-0.15, -0.1) is 11.8 Å². The highest BCUT2D eigenvalue weighted by atomic mass is 32.2. The van der Waals surface area contributed by atoms with Crippen LogP contribution < -0.4 is 20.5 Å². The quantitative estimate of drug-likeness (QED) is 0.469. The summed E-state index contributed by atoms with van der Waals surface area (Å²) in [5.74, 6) is 0.744. The molecule has 6 nitrogen and oxygen atoms in total. The van der Waals surface area contributed by atoms with Crippen molar-refractivity contribution < 1.29 is 19.1 Å². The van der Waals surface area contributed by atoms with E-state index >= 15 is 0 Å². The van der Waals surface area contributed by atoms with Gasteiger partial charge in [0.15, 0.2) is 11.5 Å². The van der Waals surface area contributed by atoms with E-state index in [0.717, 1.165) is 16.9 Å². The van der Waals surface area contributed by atoms with Gasteiger partial charge in [0.25, 0.3) is 0 Å². The molecule has 0 saturated carbocycles. The normalized spacial score (nSPS) is 10.6. The van der Waals surface area contributed by atoms with E-state index in [0.29, 0.717) is 23.8 Å². The summed E-state index contributed by atoms with van der Waals surface area (Å²) in [4.78, 5) is 24.0. The number of nitrogens with one attached hydrogen (secondary N) is 1. The lowest BCUT2D eigenvalue weighted by molar-refractivity contribution is -0.115. The summed E-state index contributed by atoms with van der Waals surface area (Å²) in [5, 5.41) is 2.82. The van der Waals surface area contributed by atoms with Crippen molar-refractivity contribution in [3.05, 3.63) is 54.1 Å². The van der Waals surface area contributed by atoms with Crippen LogP contribution in [0, 0.1) is 0 Å². The number of methoxy groups -OCH3 is 1. The molecule has 2 amide bonds. The predicted octanol–water partition coefficient (Wildman–Crippen LogP) is 3.71. The highest BCUT2D eigenvalue weighted by Crippen LogP contribution is 2.29. The van der Waals surface area contributed by atoms with Crippen LogP contribution in [0.25, 0.3) is 6.08 Å². The van der Waals surface area contributed by atoms with Crippen molar-refractivity contribution in [1.29, 1.82) is 0 Å². The van der Waals surface area contributed by atoms with E-state index in [9.17, 15) is 9.59 Å².